The van der Waals surface area contributed by atoms with Crippen LogP contribution in [0.15, 0.2) is 61.1 Å². The van der Waals surface area contributed by atoms with E-state index in [1.807, 2.05) is 13.0 Å². The molecule has 0 atom stereocenters. The van der Waals surface area contributed by atoms with Gasteiger partial charge in [0.2, 0.25) is 5.88 Å². The number of aryl methyl sites for hydroxylation is 1. The lowest BCUT2D eigenvalue weighted by atomic mass is 10.1. The van der Waals surface area contributed by atoms with E-state index in [4.69, 9.17) is 4.74 Å². The highest BCUT2D eigenvalue weighted by Crippen LogP contribution is 2.32. The summed E-state index contributed by atoms with van der Waals surface area (Å²) in [5.41, 5.74) is 2.27. The first-order valence-corrected chi connectivity index (χ1v) is 8.30. The molecule has 2 aromatic heterocycles. The molecule has 0 saturated heterocycles. The molecule has 4 aromatic rings. The van der Waals surface area contributed by atoms with Gasteiger partial charge in [-0.15, -0.1) is 0 Å². The molecule has 0 bridgehead atoms. The molecule has 0 spiro atoms. The van der Waals surface area contributed by atoms with Gasteiger partial charge in [0.25, 0.3) is 0 Å². The summed E-state index contributed by atoms with van der Waals surface area (Å²) >= 11 is 0. The van der Waals surface area contributed by atoms with Crippen LogP contribution in [0.3, 0.4) is 0 Å². The van der Waals surface area contributed by atoms with Gasteiger partial charge in [-0.3, -0.25) is 4.98 Å². The Balaban J connectivity index is 1.66. The molecule has 0 aliphatic rings. The highest BCUT2D eigenvalue weighted by Gasteiger charge is 2.30. The van der Waals surface area contributed by atoms with E-state index in [0.717, 1.165) is 17.8 Å². The molecule has 8 heteroatoms. The predicted octanol–water partition coefficient (Wildman–Crippen LogP) is 5.21. The largest absolute Gasteiger partial charge is 0.437 e. The van der Waals surface area contributed by atoms with Gasteiger partial charge in [0.15, 0.2) is 5.75 Å². The zero-order chi connectivity index (χ0) is 19.7. The second-order valence-electron chi connectivity index (χ2n) is 6.05. The number of rotatable bonds is 3. The van der Waals surface area contributed by atoms with E-state index in [1.165, 1.54) is 18.5 Å². The van der Waals surface area contributed by atoms with Crippen LogP contribution in [0.2, 0.25) is 0 Å². The van der Waals surface area contributed by atoms with Crippen molar-refractivity contribution in [3.05, 3.63) is 72.3 Å². The minimum Gasteiger partial charge on any atom is -0.437 e. The first kappa shape index (κ1) is 17.8. The van der Waals surface area contributed by atoms with Crippen LogP contribution < -0.4 is 4.74 Å². The van der Waals surface area contributed by atoms with Gasteiger partial charge in [-0.1, -0.05) is 18.2 Å². The average Bonchev–Trinajstić information content (AvgIpc) is 2.68. The molecule has 5 nitrogen and oxygen atoms in total. The standard InChI is InChI=1S/C20H13F3N4O/c1-12-10-24-15-3-2-4-17(19(15)27-12)28-18-9-16(25-11-26-18)13-5-7-14(8-6-13)20(21,22)23/h2-11H,1H3. The summed E-state index contributed by atoms with van der Waals surface area (Å²) in [6.07, 6.45) is -1.42. The first-order valence-electron chi connectivity index (χ1n) is 8.30. The van der Waals surface area contributed by atoms with Crippen molar-refractivity contribution in [2.45, 2.75) is 13.1 Å². The Morgan fingerprint density at radius 1 is 0.929 bits per heavy atom. The lowest BCUT2D eigenvalue weighted by Crippen LogP contribution is -2.04. The lowest BCUT2D eigenvalue weighted by Gasteiger charge is -2.09. The van der Waals surface area contributed by atoms with Crippen LogP contribution in [0.1, 0.15) is 11.3 Å². The number of ether oxygens (including phenoxy) is 1. The van der Waals surface area contributed by atoms with E-state index in [2.05, 4.69) is 19.9 Å². The number of hydrogen-bond donors (Lipinski definition) is 0. The summed E-state index contributed by atoms with van der Waals surface area (Å²) in [5.74, 6) is 0.728. The van der Waals surface area contributed by atoms with Crippen LogP contribution in [-0.2, 0) is 6.18 Å². The van der Waals surface area contributed by atoms with Gasteiger partial charge in [0, 0.05) is 17.8 Å². The van der Waals surface area contributed by atoms with E-state index < -0.39 is 11.7 Å². The Morgan fingerprint density at radius 3 is 2.46 bits per heavy atom. The molecule has 0 aliphatic carbocycles. The summed E-state index contributed by atoms with van der Waals surface area (Å²) in [5, 5.41) is 0. The summed E-state index contributed by atoms with van der Waals surface area (Å²) in [6, 6.07) is 11.7. The number of benzene rings is 2. The second-order valence-corrected chi connectivity index (χ2v) is 6.05. The third kappa shape index (κ3) is 3.62. The fraction of sp³-hybridized carbons (Fsp3) is 0.100. The number of hydrogen-bond acceptors (Lipinski definition) is 5. The number of fused-ring (bicyclic) bond motifs is 1. The summed E-state index contributed by atoms with van der Waals surface area (Å²) in [4.78, 5) is 17.0. The fourth-order valence-electron chi connectivity index (χ4n) is 2.67. The van der Waals surface area contributed by atoms with Crippen LogP contribution in [-0.4, -0.2) is 19.9 Å². The smallest absolute Gasteiger partial charge is 0.416 e. The molecular weight excluding hydrogens is 369 g/mol. The molecule has 28 heavy (non-hydrogen) atoms. The van der Waals surface area contributed by atoms with Crippen molar-refractivity contribution in [3.8, 4) is 22.9 Å². The molecule has 140 valence electrons. The van der Waals surface area contributed by atoms with Crippen molar-refractivity contribution in [1.29, 1.82) is 0 Å². The molecule has 0 unspecified atom stereocenters. The lowest BCUT2D eigenvalue weighted by molar-refractivity contribution is -0.137. The second kappa shape index (κ2) is 6.88. The maximum absolute atomic E-state index is 12.7. The zero-order valence-electron chi connectivity index (χ0n) is 14.6. The number of para-hydroxylation sites is 1. The number of alkyl halides is 3. The van der Waals surface area contributed by atoms with E-state index >= 15 is 0 Å². The van der Waals surface area contributed by atoms with E-state index in [0.29, 0.717) is 28.0 Å². The van der Waals surface area contributed by atoms with Gasteiger partial charge in [0.1, 0.15) is 11.8 Å². The Labute approximate surface area is 157 Å². The van der Waals surface area contributed by atoms with Crippen molar-refractivity contribution in [1.82, 2.24) is 19.9 Å². The fourth-order valence-corrected chi connectivity index (χ4v) is 2.67. The molecule has 0 aliphatic heterocycles. The quantitative estimate of drug-likeness (QED) is 0.487. The molecule has 2 aromatic carbocycles. The molecule has 0 radical (unpaired) electrons. The van der Waals surface area contributed by atoms with Crippen molar-refractivity contribution in [3.63, 3.8) is 0 Å². The molecule has 0 saturated carbocycles. The first-order chi connectivity index (χ1) is 13.4. The van der Waals surface area contributed by atoms with Gasteiger partial charge < -0.3 is 4.74 Å². The summed E-state index contributed by atoms with van der Waals surface area (Å²) in [7, 11) is 0. The monoisotopic (exact) mass is 382 g/mol. The highest BCUT2D eigenvalue weighted by molar-refractivity contribution is 5.81. The SMILES string of the molecule is Cc1cnc2cccc(Oc3cc(-c4ccc(C(F)(F)F)cc4)ncn3)c2n1. The number of aromatic nitrogens is 4. The summed E-state index contributed by atoms with van der Waals surface area (Å²) < 4.78 is 44.0. The van der Waals surface area contributed by atoms with Crippen molar-refractivity contribution < 1.29 is 17.9 Å². The van der Waals surface area contributed by atoms with Crippen LogP contribution in [0.4, 0.5) is 13.2 Å². The topological polar surface area (TPSA) is 60.8 Å². The van der Waals surface area contributed by atoms with Crippen LogP contribution in [0.25, 0.3) is 22.3 Å². The van der Waals surface area contributed by atoms with Crippen molar-refractivity contribution in [2.75, 3.05) is 0 Å². The molecular formula is C20H13F3N4O. The Morgan fingerprint density at radius 2 is 1.71 bits per heavy atom. The predicted molar refractivity (Wildman–Crippen MR) is 96.8 cm³/mol. The average molecular weight is 382 g/mol. The van der Waals surface area contributed by atoms with Crippen LogP contribution in [0, 0.1) is 6.92 Å². The van der Waals surface area contributed by atoms with Crippen LogP contribution >= 0.6 is 0 Å². The van der Waals surface area contributed by atoms with Gasteiger partial charge in [-0.2, -0.15) is 13.2 Å². The van der Waals surface area contributed by atoms with E-state index in [1.54, 1.807) is 24.4 Å². The zero-order valence-corrected chi connectivity index (χ0v) is 14.6. The normalized spacial score (nSPS) is 11.6. The molecule has 0 amide bonds. The van der Waals surface area contributed by atoms with Gasteiger partial charge >= 0.3 is 6.18 Å². The van der Waals surface area contributed by atoms with Gasteiger partial charge in [-0.05, 0) is 31.2 Å². The maximum atomic E-state index is 12.7. The summed E-state index contributed by atoms with van der Waals surface area (Å²) in [6.45, 7) is 1.83. The van der Waals surface area contributed by atoms with Crippen LogP contribution in [0.5, 0.6) is 11.6 Å². The number of halogens is 3. The highest BCUT2D eigenvalue weighted by atomic mass is 19.4. The van der Waals surface area contributed by atoms with Gasteiger partial charge in [0.05, 0.1) is 22.5 Å². The Hall–Kier alpha value is -3.55. The Kier molecular flexibility index (Phi) is 4.38. The molecule has 4 rings (SSSR count). The third-order valence-electron chi connectivity index (χ3n) is 4.02. The van der Waals surface area contributed by atoms with Crippen molar-refractivity contribution >= 4 is 11.0 Å². The van der Waals surface area contributed by atoms with Gasteiger partial charge in [-0.25, -0.2) is 15.0 Å². The molecule has 2 heterocycles. The Bertz CT molecular complexity index is 1140. The van der Waals surface area contributed by atoms with Crippen molar-refractivity contribution in [2.24, 2.45) is 0 Å². The maximum Gasteiger partial charge on any atom is 0.416 e. The molecule has 0 N–H and O–H groups in total. The minimum atomic E-state index is -4.38. The third-order valence-corrected chi connectivity index (χ3v) is 4.02. The van der Waals surface area contributed by atoms with E-state index in [-0.39, 0.29) is 5.88 Å². The number of nitrogens with zero attached hydrogens (tertiary/aromatic N) is 4. The molecule has 0 fully saturated rings. The minimum absolute atomic E-state index is 0.251. The van der Waals surface area contributed by atoms with E-state index in [9.17, 15) is 13.2 Å².